The molecule has 4 amide bonds. The fraction of sp³-hybridized carbons (Fsp3) is 0.364. The first-order valence-corrected chi connectivity index (χ1v) is 22.0. The maximum Gasteiger partial charge on any atom is 0.405 e. The Morgan fingerprint density at radius 1 is 0.633 bits per heavy atom. The number of carbonyl (C=O) groups excluding carboxylic acids is 2. The minimum Gasteiger partial charge on any atom is -0.465 e. The van der Waals surface area contributed by atoms with Crippen LogP contribution in [0, 0.1) is 11.8 Å². The lowest BCUT2D eigenvalue weighted by Gasteiger charge is -2.29. The molecule has 0 aliphatic carbocycles. The summed E-state index contributed by atoms with van der Waals surface area (Å²) in [5.41, 5.74) is 8.24. The Labute approximate surface area is 355 Å². The van der Waals surface area contributed by atoms with E-state index in [1.165, 1.54) is 20.5 Å². The highest BCUT2D eigenvalue weighted by atomic mass is 32.1. The first kappa shape index (κ1) is 40.8. The predicted molar refractivity (Wildman–Crippen MR) is 233 cm³/mol. The SMILES string of the molecule is CC(C)[C@H](NC(=O)O)C(=O)N1CCCC1c1ncc(-c2ccc(-c3csc4c(-c5ccc(-c6cnc(C7CCCN7C(=O)[C@@H](NC(=O)O)C(C)C)[nH]6)cc5)csc34)cc2)[nH]1. The molecule has 4 atom stereocenters. The lowest BCUT2D eigenvalue weighted by Crippen LogP contribution is -2.50. The zero-order valence-electron chi connectivity index (χ0n) is 33.8. The van der Waals surface area contributed by atoms with Gasteiger partial charge in [0.15, 0.2) is 0 Å². The Morgan fingerprint density at radius 2 is 1.00 bits per heavy atom. The number of hydrogen-bond donors (Lipinski definition) is 6. The summed E-state index contributed by atoms with van der Waals surface area (Å²) in [5.74, 6) is 0.570. The maximum absolute atomic E-state index is 13.4. The van der Waals surface area contributed by atoms with E-state index in [9.17, 15) is 29.4 Å². The summed E-state index contributed by atoms with van der Waals surface area (Å²) < 4.78 is 2.46. The lowest BCUT2D eigenvalue weighted by atomic mass is 10.0. The van der Waals surface area contributed by atoms with Crippen molar-refractivity contribution >= 4 is 56.1 Å². The number of benzene rings is 2. The van der Waals surface area contributed by atoms with Crippen molar-refractivity contribution in [2.24, 2.45) is 11.8 Å². The molecule has 0 bridgehead atoms. The number of H-pyrrole nitrogens is 2. The lowest BCUT2D eigenvalue weighted by molar-refractivity contribution is -0.136. The van der Waals surface area contributed by atoms with E-state index in [0.29, 0.717) is 24.7 Å². The van der Waals surface area contributed by atoms with Gasteiger partial charge in [-0.1, -0.05) is 76.2 Å². The Hall–Kier alpha value is -6.00. The Bertz CT molecular complexity index is 2350. The Kier molecular flexibility index (Phi) is 11.5. The molecule has 0 radical (unpaired) electrons. The molecule has 60 heavy (non-hydrogen) atoms. The van der Waals surface area contributed by atoms with Gasteiger partial charge in [0.05, 0.1) is 45.3 Å². The quantitative estimate of drug-likeness (QED) is 0.0702. The van der Waals surface area contributed by atoms with Gasteiger partial charge in [0.1, 0.15) is 23.7 Å². The molecule has 6 aromatic rings. The molecular formula is C44H48N8O6S2. The van der Waals surface area contributed by atoms with E-state index >= 15 is 0 Å². The van der Waals surface area contributed by atoms with Crippen LogP contribution in [-0.4, -0.2) is 89.1 Å². The van der Waals surface area contributed by atoms with E-state index in [0.717, 1.165) is 59.3 Å². The van der Waals surface area contributed by atoms with E-state index in [4.69, 9.17) is 0 Å². The van der Waals surface area contributed by atoms with Crippen LogP contribution in [0.1, 0.15) is 77.1 Å². The van der Waals surface area contributed by atoms with Crippen molar-refractivity contribution in [1.82, 2.24) is 40.4 Å². The molecule has 2 aliphatic heterocycles. The van der Waals surface area contributed by atoms with Crippen molar-refractivity contribution in [2.75, 3.05) is 13.1 Å². The van der Waals surface area contributed by atoms with Crippen LogP contribution in [0.2, 0.25) is 0 Å². The van der Waals surface area contributed by atoms with Gasteiger partial charge in [0.2, 0.25) is 11.8 Å². The third-order valence-electron chi connectivity index (χ3n) is 11.6. The molecule has 312 valence electrons. The van der Waals surface area contributed by atoms with Gasteiger partial charge < -0.3 is 40.6 Å². The summed E-state index contributed by atoms with van der Waals surface area (Å²) in [5, 5.41) is 27.8. The average molecular weight is 849 g/mol. The number of fused-ring (bicyclic) bond motifs is 1. The number of nitrogens with zero attached hydrogens (tertiary/aromatic N) is 4. The van der Waals surface area contributed by atoms with Gasteiger partial charge in [-0.2, -0.15) is 0 Å². The van der Waals surface area contributed by atoms with Crippen LogP contribution in [0.4, 0.5) is 9.59 Å². The third-order valence-corrected chi connectivity index (χ3v) is 13.8. The standard InChI is InChI=1S/C44H48N8O6S2/c1-23(2)35(49-43(55)56)41(53)51-17-5-7-33(51)39-45-19-31(47-39)27-13-9-25(10-14-27)29-21-59-38-30(22-60-37(29)38)26-11-15-28(16-12-26)32-20-46-40(48-32)34-8-6-18-52(34)42(54)36(24(3)4)50-44(57)58/h9-16,19-24,33-36,49-50H,5-8,17-18H2,1-4H3,(H,45,47)(H,46,48)(H,55,56)(H,57,58)/t33?,34?,35-,36-/m0/s1. The molecule has 6 heterocycles. The van der Waals surface area contributed by atoms with Crippen LogP contribution in [0.5, 0.6) is 0 Å². The predicted octanol–water partition coefficient (Wildman–Crippen LogP) is 8.99. The van der Waals surface area contributed by atoms with Crippen molar-refractivity contribution in [1.29, 1.82) is 0 Å². The molecule has 0 spiro atoms. The molecule has 6 N–H and O–H groups in total. The number of nitrogens with one attached hydrogen (secondary N) is 4. The first-order valence-electron chi connectivity index (χ1n) is 20.3. The first-order chi connectivity index (χ1) is 28.9. The molecule has 2 fully saturated rings. The molecule has 2 unspecified atom stereocenters. The van der Waals surface area contributed by atoms with Gasteiger partial charge in [-0.3, -0.25) is 9.59 Å². The number of carbonyl (C=O) groups is 4. The summed E-state index contributed by atoms with van der Waals surface area (Å²) in [7, 11) is 0. The zero-order chi connectivity index (χ0) is 42.2. The number of hydrogen-bond acceptors (Lipinski definition) is 8. The molecule has 16 heteroatoms. The van der Waals surface area contributed by atoms with E-state index in [1.807, 2.05) is 27.7 Å². The van der Waals surface area contributed by atoms with Crippen molar-refractivity contribution in [3.05, 3.63) is 83.3 Å². The third kappa shape index (κ3) is 8.00. The monoisotopic (exact) mass is 848 g/mol. The van der Waals surface area contributed by atoms with Crippen LogP contribution in [-0.2, 0) is 9.59 Å². The second-order valence-electron chi connectivity index (χ2n) is 16.2. The normalized spacial score (nSPS) is 17.8. The van der Waals surface area contributed by atoms with Crippen molar-refractivity contribution in [3.63, 3.8) is 0 Å². The Balaban J connectivity index is 0.944. The van der Waals surface area contributed by atoms with E-state index in [1.54, 1.807) is 44.9 Å². The number of imidazole rings is 2. The van der Waals surface area contributed by atoms with E-state index in [2.05, 4.69) is 89.9 Å². The van der Waals surface area contributed by atoms with Crippen LogP contribution in [0.3, 0.4) is 0 Å². The number of likely N-dealkylation sites (tertiary alicyclic amines) is 2. The maximum atomic E-state index is 13.4. The number of carboxylic acid groups (broad SMARTS) is 2. The highest BCUT2D eigenvalue weighted by Gasteiger charge is 2.39. The van der Waals surface area contributed by atoms with Crippen LogP contribution >= 0.6 is 22.7 Å². The van der Waals surface area contributed by atoms with Crippen LogP contribution < -0.4 is 10.6 Å². The molecule has 2 aromatic carbocycles. The van der Waals surface area contributed by atoms with Gasteiger partial charge in [-0.05, 0) is 59.8 Å². The highest BCUT2D eigenvalue weighted by molar-refractivity contribution is 7.27. The number of thiophene rings is 2. The van der Waals surface area contributed by atoms with Crippen molar-refractivity contribution in [2.45, 2.75) is 77.5 Å². The second-order valence-corrected chi connectivity index (χ2v) is 18.0. The number of rotatable bonds is 12. The number of aromatic amines is 2. The zero-order valence-corrected chi connectivity index (χ0v) is 35.4. The van der Waals surface area contributed by atoms with Crippen LogP contribution in [0.15, 0.2) is 71.7 Å². The van der Waals surface area contributed by atoms with Gasteiger partial charge >= 0.3 is 12.2 Å². The van der Waals surface area contributed by atoms with Crippen molar-refractivity contribution < 1.29 is 29.4 Å². The number of aromatic nitrogens is 4. The van der Waals surface area contributed by atoms with Gasteiger partial charge in [0, 0.05) is 35.0 Å². The largest absolute Gasteiger partial charge is 0.465 e. The number of amides is 4. The molecule has 14 nitrogen and oxygen atoms in total. The topological polar surface area (TPSA) is 197 Å². The molecule has 2 saturated heterocycles. The van der Waals surface area contributed by atoms with Crippen molar-refractivity contribution in [3.8, 4) is 44.8 Å². The molecule has 8 rings (SSSR count). The summed E-state index contributed by atoms with van der Waals surface area (Å²) in [6.45, 7) is 8.45. The fourth-order valence-corrected chi connectivity index (χ4v) is 10.9. The average Bonchev–Trinajstić information content (AvgIpc) is 4.08. The Morgan fingerprint density at radius 3 is 1.35 bits per heavy atom. The summed E-state index contributed by atoms with van der Waals surface area (Å²) >= 11 is 3.46. The van der Waals surface area contributed by atoms with Crippen LogP contribution in [0.25, 0.3) is 54.2 Å². The van der Waals surface area contributed by atoms with Gasteiger partial charge in [0.25, 0.3) is 0 Å². The van der Waals surface area contributed by atoms with E-state index < -0.39 is 24.3 Å². The molecular weight excluding hydrogens is 801 g/mol. The second kappa shape index (κ2) is 16.9. The summed E-state index contributed by atoms with van der Waals surface area (Å²) in [6, 6.07) is 14.7. The summed E-state index contributed by atoms with van der Waals surface area (Å²) in [6.07, 6.45) is 4.31. The smallest absolute Gasteiger partial charge is 0.405 e. The fourth-order valence-electron chi connectivity index (χ4n) is 8.46. The van der Waals surface area contributed by atoms with E-state index in [-0.39, 0.29) is 35.7 Å². The van der Waals surface area contributed by atoms with Gasteiger partial charge in [-0.15, -0.1) is 22.7 Å². The molecule has 0 saturated carbocycles. The summed E-state index contributed by atoms with van der Waals surface area (Å²) in [4.78, 5) is 69.3. The van der Waals surface area contributed by atoms with Gasteiger partial charge in [-0.25, -0.2) is 19.6 Å². The molecule has 4 aromatic heterocycles. The molecule has 2 aliphatic rings. The highest BCUT2D eigenvalue weighted by Crippen LogP contribution is 2.45. The minimum atomic E-state index is -1.21. The minimum absolute atomic E-state index is 0.186.